The summed E-state index contributed by atoms with van der Waals surface area (Å²) in [5, 5.41) is 3.13. The van der Waals surface area contributed by atoms with Crippen molar-refractivity contribution in [1.29, 1.82) is 0 Å². The van der Waals surface area contributed by atoms with Gasteiger partial charge in [0.05, 0.1) is 11.4 Å². The summed E-state index contributed by atoms with van der Waals surface area (Å²) in [5.41, 5.74) is 1.65. The summed E-state index contributed by atoms with van der Waals surface area (Å²) in [6.07, 6.45) is 2.07. The molecule has 5 heteroatoms. The fraction of sp³-hybridized carbons (Fsp3) is 0.538. The Bertz CT molecular complexity index is 509. The lowest BCUT2D eigenvalue weighted by molar-refractivity contribution is 0.597. The molecule has 18 heavy (non-hydrogen) atoms. The van der Waals surface area contributed by atoms with E-state index in [1.807, 2.05) is 38.2 Å². The Balaban J connectivity index is 2.17. The molecule has 1 aliphatic rings. The van der Waals surface area contributed by atoms with E-state index in [0.29, 0.717) is 11.6 Å². The molecule has 1 atom stereocenters. The average Bonchev–Trinajstić information content (AvgIpc) is 3.11. The highest BCUT2D eigenvalue weighted by molar-refractivity contribution is 7.92. The molecule has 4 nitrogen and oxygen atoms in total. The number of sulfonamides is 1. The molecule has 1 fully saturated rings. The van der Waals surface area contributed by atoms with Gasteiger partial charge in [0.15, 0.2) is 0 Å². The van der Waals surface area contributed by atoms with Crippen LogP contribution in [0.3, 0.4) is 0 Å². The zero-order valence-electron chi connectivity index (χ0n) is 10.8. The lowest BCUT2D eigenvalue weighted by Gasteiger charge is -2.17. The van der Waals surface area contributed by atoms with E-state index >= 15 is 0 Å². The number of rotatable bonds is 6. The van der Waals surface area contributed by atoms with Gasteiger partial charge in [0.2, 0.25) is 10.0 Å². The minimum atomic E-state index is -3.21. The van der Waals surface area contributed by atoms with Crippen LogP contribution in [0.4, 0.5) is 5.69 Å². The molecule has 2 N–H and O–H groups in total. The van der Waals surface area contributed by atoms with Crippen LogP contribution in [0.2, 0.25) is 0 Å². The third-order valence-corrected chi connectivity index (χ3v) is 4.72. The van der Waals surface area contributed by atoms with Crippen molar-refractivity contribution in [3.8, 4) is 0 Å². The number of hydrogen-bond donors (Lipinski definition) is 2. The van der Waals surface area contributed by atoms with Crippen molar-refractivity contribution in [1.82, 2.24) is 5.32 Å². The molecule has 0 amide bonds. The van der Waals surface area contributed by atoms with Gasteiger partial charge in [-0.15, -0.1) is 0 Å². The summed E-state index contributed by atoms with van der Waals surface area (Å²) >= 11 is 0. The molecule has 1 saturated carbocycles. The van der Waals surface area contributed by atoms with Gasteiger partial charge in [-0.1, -0.05) is 18.2 Å². The van der Waals surface area contributed by atoms with Crippen molar-refractivity contribution >= 4 is 15.7 Å². The molecule has 0 aliphatic heterocycles. The third-order valence-electron chi connectivity index (χ3n) is 3.28. The second-order valence-electron chi connectivity index (χ2n) is 4.92. The van der Waals surface area contributed by atoms with E-state index in [1.54, 1.807) is 0 Å². The first kappa shape index (κ1) is 13.4. The van der Waals surface area contributed by atoms with E-state index in [2.05, 4.69) is 10.0 Å². The van der Waals surface area contributed by atoms with Gasteiger partial charge in [0.1, 0.15) is 0 Å². The smallest absolute Gasteiger partial charge is 0.233 e. The Kier molecular flexibility index (Phi) is 3.92. The summed E-state index contributed by atoms with van der Waals surface area (Å²) in [5.74, 6) is 0.603. The second-order valence-corrected chi connectivity index (χ2v) is 6.69. The van der Waals surface area contributed by atoms with Crippen LogP contribution >= 0.6 is 0 Å². The van der Waals surface area contributed by atoms with Crippen LogP contribution in [0.1, 0.15) is 31.4 Å². The number of hydrogen-bond acceptors (Lipinski definition) is 3. The van der Waals surface area contributed by atoms with Gasteiger partial charge in [-0.2, -0.15) is 0 Å². The topological polar surface area (TPSA) is 58.2 Å². The molecule has 1 aliphatic carbocycles. The van der Waals surface area contributed by atoms with Gasteiger partial charge >= 0.3 is 0 Å². The van der Waals surface area contributed by atoms with Crippen LogP contribution in [0.15, 0.2) is 24.3 Å². The van der Waals surface area contributed by atoms with E-state index < -0.39 is 10.0 Å². The number of benzene rings is 1. The van der Waals surface area contributed by atoms with E-state index in [0.717, 1.165) is 18.4 Å². The minimum Gasteiger partial charge on any atom is -0.313 e. The normalized spacial score (nSPS) is 17.4. The fourth-order valence-electron chi connectivity index (χ4n) is 1.93. The lowest BCUT2D eigenvalue weighted by Crippen LogP contribution is -2.21. The van der Waals surface area contributed by atoms with Crippen molar-refractivity contribution < 1.29 is 8.42 Å². The Labute approximate surface area is 109 Å². The van der Waals surface area contributed by atoms with Gasteiger partial charge in [0, 0.05) is 6.04 Å². The first-order valence-electron chi connectivity index (χ1n) is 6.28. The standard InChI is InChI=1S/C13H20N2O2S/c1-10(14-2)12-5-3-4-6-13(12)15-18(16,17)9-11-7-8-11/h3-6,10-11,14-15H,7-9H2,1-2H3. The first-order chi connectivity index (χ1) is 8.52. The highest BCUT2D eigenvalue weighted by atomic mass is 32.2. The largest absolute Gasteiger partial charge is 0.313 e. The Morgan fingerprint density at radius 2 is 2.00 bits per heavy atom. The number of para-hydroxylation sites is 1. The highest BCUT2D eigenvalue weighted by Gasteiger charge is 2.28. The minimum absolute atomic E-state index is 0.116. The van der Waals surface area contributed by atoms with Gasteiger partial charge in [0.25, 0.3) is 0 Å². The predicted octanol–water partition coefficient (Wildman–Crippen LogP) is 2.12. The van der Waals surface area contributed by atoms with Crippen LogP contribution in [0.5, 0.6) is 0 Å². The maximum absolute atomic E-state index is 12.0. The van der Waals surface area contributed by atoms with Crippen LogP contribution < -0.4 is 10.0 Å². The van der Waals surface area contributed by atoms with Crippen LogP contribution in [-0.4, -0.2) is 21.2 Å². The van der Waals surface area contributed by atoms with E-state index in [1.165, 1.54) is 0 Å². The summed E-state index contributed by atoms with van der Waals surface area (Å²) < 4.78 is 26.7. The third kappa shape index (κ3) is 3.46. The van der Waals surface area contributed by atoms with Crippen LogP contribution in [0.25, 0.3) is 0 Å². The van der Waals surface area contributed by atoms with E-state index in [-0.39, 0.29) is 11.8 Å². The predicted molar refractivity (Wildman–Crippen MR) is 74.1 cm³/mol. The summed E-state index contributed by atoms with van der Waals surface area (Å²) in [4.78, 5) is 0. The molecule has 1 unspecified atom stereocenters. The van der Waals surface area contributed by atoms with Gasteiger partial charge < -0.3 is 5.32 Å². The molecule has 0 spiro atoms. The molecule has 0 heterocycles. The van der Waals surface area contributed by atoms with Crippen molar-refractivity contribution in [2.24, 2.45) is 5.92 Å². The summed E-state index contributed by atoms with van der Waals surface area (Å²) in [7, 11) is -1.35. The summed E-state index contributed by atoms with van der Waals surface area (Å²) in [6.45, 7) is 2.01. The molecular formula is C13H20N2O2S. The van der Waals surface area contributed by atoms with Crippen molar-refractivity contribution in [3.05, 3.63) is 29.8 Å². The first-order valence-corrected chi connectivity index (χ1v) is 7.94. The Hall–Kier alpha value is -1.07. The van der Waals surface area contributed by atoms with Crippen molar-refractivity contribution in [2.45, 2.75) is 25.8 Å². The fourth-order valence-corrected chi connectivity index (χ4v) is 3.49. The summed E-state index contributed by atoms with van der Waals surface area (Å²) in [6, 6.07) is 7.64. The SMILES string of the molecule is CNC(C)c1ccccc1NS(=O)(=O)CC1CC1. The van der Waals surface area contributed by atoms with E-state index in [9.17, 15) is 8.42 Å². The molecule has 100 valence electrons. The van der Waals surface area contributed by atoms with Gasteiger partial charge in [-0.25, -0.2) is 8.42 Å². The Morgan fingerprint density at radius 1 is 1.33 bits per heavy atom. The zero-order chi connectivity index (χ0) is 13.2. The maximum Gasteiger partial charge on any atom is 0.233 e. The molecular weight excluding hydrogens is 248 g/mol. The quantitative estimate of drug-likeness (QED) is 0.831. The molecule has 1 aromatic rings. The monoisotopic (exact) mass is 268 g/mol. The van der Waals surface area contributed by atoms with Crippen LogP contribution in [-0.2, 0) is 10.0 Å². The molecule has 1 aromatic carbocycles. The lowest BCUT2D eigenvalue weighted by atomic mass is 10.1. The van der Waals surface area contributed by atoms with Gasteiger partial charge in [-0.05, 0) is 44.4 Å². The molecule has 2 rings (SSSR count). The van der Waals surface area contributed by atoms with Crippen molar-refractivity contribution in [3.63, 3.8) is 0 Å². The zero-order valence-corrected chi connectivity index (χ0v) is 11.6. The number of nitrogens with one attached hydrogen (secondary N) is 2. The number of anilines is 1. The molecule has 0 radical (unpaired) electrons. The van der Waals surface area contributed by atoms with E-state index in [4.69, 9.17) is 0 Å². The van der Waals surface area contributed by atoms with Crippen LogP contribution in [0, 0.1) is 5.92 Å². The maximum atomic E-state index is 12.0. The second kappa shape index (κ2) is 5.28. The molecule has 0 saturated heterocycles. The average molecular weight is 268 g/mol. The Morgan fingerprint density at radius 3 is 2.61 bits per heavy atom. The molecule has 0 bridgehead atoms. The highest BCUT2D eigenvalue weighted by Crippen LogP contribution is 2.31. The van der Waals surface area contributed by atoms with Crippen molar-refractivity contribution in [2.75, 3.05) is 17.5 Å². The van der Waals surface area contributed by atoms with Gasteiger partial charge in [-0.3, -0.25) is 4.72 Å². The molecule has 0 aromatic heterocycles.